The first-order valence-corrected chi connectivity index (χ1v) is 11.1. The second-order valence-electron chi connectivity index (χ2n) is 8.42. The summed E-state index contributed by atoms with van der Waals surface area (Å²) in [7, 11) is 1.78. The third-order valence-corrected chi connectivity index (χ3v) is 6.37. The molecule has 0 saturated carbocycles. The minimum Gasteiger partial charge on any atom is -0.316 e. The molecular weight excluding hydrogens is 418 g/mol. The lowest BCUT2D eigenvalue weighted by molar-refractivity contribution is 0.102. The first kappa shape index (κ1) is 20.9. The zero-order chi connectivity index (χ0) is 23.1. The molecule has 1 aliphatic heterocycles. The van der Waals surface area contributed by atoms with Crippen LogP contribution in [0.3, 0.4) is 0 Å². The van der Waals surface area contributed by atoms with Crippen LogP contribution in [0.4, 0.5) is 5.69 Å². The number of nitrogens with zero attached hydrogens (tertiary/aromatic N) is 4. The Morgan fingerprint density at radius 1 is 1.00 bits per heavy atom. The van der Waals surface area contributed by atoms with Crippen LogP contribution in [-0.4, -0.2) is 24.8 Å². The lowest BCUT2D eigenvalue weighted by atomic mass is 10.1. The van der Waals surface area contributed by atoms with Crippen LogP contribution in [-0.2, 0) is 20.0 Å². The Labute approximate surface area is 190 Å². The van der Waals surface area contributed by atoms with Gasteiger partial charge >= 0.3 is 0 Å². The van der Waals surface area contributed by atoms with Crippen molar-refractivity contribution in [2.45, 2.75) is 39.2 Å². The number of rotatable bonds is 3. The maximum absolute atomic E-state index is 13.1. The number of nitrogens with one attached hydrogen (secondary N) is 1. The number of amides is 1. The van der Waals surface area contributed by atoms with Crippen LogP contribution in [0.5, 0.6) is 0 Å². The van der Waals surface area contributed by atoms with Gasteiger partial charge in [-0.05, 0) is 50.1 Å². The number of carbonyl (C=O) groups is 1. The number of hydrogen-bond acceptors (Lipinski definition) is 4. The topological polar surface area (TPSA) is 90.9 Å². The number of para-hydroxylation sites is 1. The number of aryl methyl sites for hydroxylation is 1. The summed E-state index contributed by atoms with van der Waals surface area (Å²) in [4.78, 5) is 43.8. The van der Waals surface area contributed by atoms with Gasteiger partial charge in [0.2, 0.25) is 0 Å². The minimum absolute atomic E-state index is 0.0616. The van der Waals surface area contributed by atoms with E-state index < -0.39 is 5.91 Å². The Morgan fingerprint density at radius 2 is 1.79 bits per heavy atom. The lowest BCUT2D eigenvalue weighted by Gasteiger charge is -2.11. The van der Waals surface area contributed by atoms with Gasteiger partial charge in [-0.3, -0.25) is 23.6 Å². The van der Waals surface area contributed by atoms with E-state index in [0.717, 1.165) is 31.5 Å². The van der Waals surface area contributed by atoms with E-state index in [0.29, 0.717) is 34.4 Å². The van der Waals surface area contributed by atoms with Gasteiger partial charge in [-0.25, -0.2) is 9.67 Å². The maximum atomic E-state index is 13.1. The molecular formula is C25H25N5O3. The molecule has 0 fully saturated rings. The molecule has 33 heavy (non-hydrogen) atoms. The molecule has 0 aliphatic carbocycles. The van der Waals surface area contributed by atoms with Crippen molar-refractivity contribution in [1.29, 1.82) is 0 Å². The van der Waals surface area contributed by atoms with Gasteiger partial charge < -0.3 is 5.32 Å². The summed E-state index contributed by atoms with van der Waals surface area (Å²) in [6.07, 6.45) is 3.80. The molecule has 2 aromatic carbocycles. The largest absolute Gasteiger partial charge is 0.316 e. The Hall–Kier alpha value is -3.94. The van der Waals surface area contributed by atoms with Crippen molar-refractivity contribution in [2.75, 3.05) is 5.32 Å². The van der Waals surface area contributed by atoms with Gasteiger partial charge in [-0.15, -0.1) is 0 Å². The zero-order valence-corrected chi connectivity index (χ0v) is 18.7. The standard InChI is InChI=1S/C25H25N5O3/c1-16-22(25(33)30(28(16)2)18-9-5-3-6-10-18)27-23(31)17-12-13-19-20(15-17)26-21-11-7-4-8-14-29(21)24(19)32/h3,5-6,9-10,12-13,15H,4,7-8,11,14H2,1-2H3,(H,27,31). The van der Waals surface area contributed by atoms with Crippen LogP contribution in [0.25, 0.3) is 16.6 Å². The fraction of sp³-hybridized carbons (Fsp3) is 0.280. The second-order valence-corrected chi connectivity index (χ2v) is 8.42. The summed E-state index contributed by atoms with van der Waals surface area (Å²) in [5.41, 5.74) is 2.06. The molecule has 1 N–H and O–H groups in total. The summed E-state index contributed by atoms with van der Waals surface area (Å²) in [6, 6.07) is 14.2. The Bertz CT molecular complexity index is 1490. The van der Waals surface area contributed by atoms with E-state index in [2.05, 4.69) is 5.32 Å². The highest BCUT2D eigenvalue weighted by Gasteiger charge is 2.20. The van der Waals surface area contributed by atoms with Crippen molar-refractivity contribution in [3.63, 3.8) is 0 Å². The molecule has 8 nitrogen and oxygen atoms in total. The molecule has 0 spiro atoms. The number of benzene rings is 2. The summed E-state index contributed by atoms with van der Waals surface area (Å²) in [5.74, 6) is 0.354. The highest BCUT2D eigenvalue weighted by molar-refractivity contribution is 6.06. The van der Waals surface area contributed by atoms with Crippen molar-refractivity contribution in [1.82, 2.24) is 18.9 Å². The number of aromatic nitrogens is 4. The predicted molar refractivity (Wildman–Crippen MR) is 127 cm³/mol. The molecule has 0 saturated heterocycles. The van der Waals surface area contributed by atoms with Gasteiger partial charge in [-0.2, -0.15) is 0 Å². The third-order valence-electron chi connectivity index (χ3n) is 6.37. The number of fused-ring (bicyclic) bond motifs is 2. The Morgan fingerprint density at radius 3 is 2.58 bits per heavy atom. The summed E-state index contributed by atoms with van der Waals surface area (Å²) in [6.45, 7) is 2.47. The van der Waals surface area contributed by atoms with Crippen molar-refractivity contribution in [2.24, 2.45) is 7.05 Å². The van der Waals surface area contributed by atoms with E-state index in [1.807, 2.05) is 30.3 Å². The Balaban J connectivity index is 1.51. The molecule has 3 heterocycles. The van der Waals surface area contributed by atoms with Crippen LogP contribution in [0, 0.1) is 6.92 Å². The molecule has 0 unspecified atom stereocenters. The zero-order valence-electron chi connectivity index (χ0n) is 18.7. The molecule has 2 aromatic heterocycles. The van der Waals surface area contributed by atoms with Crippen molar-refractivity contribution in [3.05, 3.63) is 86.3 Å². The molecule has 1 aliphatic rings. The first-order chi connectivity index (χ1) is 16.0. The molecule has 4 aromatic rings. The molecule has 0 bridgehead atoms. The highest BCUT2D eigenvalue weighted by atomic mass is 16.2. The number of carbonyl (C=O) groups excluding carboxylic acids is 1. The van der Waals surface area contributed by atoms with E-state index in [-0.39, 0.29) is 16.8 Å². The summed E-state index contributed by atoms with van der Waals surface area (Å²) in [5, 5.41) is 3.27. The smallest absolute Gasteiger partial charge is 0.295 e. The third kappa shape index (κ3) is 3.57. The fourth-order valence-electron chi connectivity index (χ4n) is 4.46. The minimum atomic E-state index is -0.417. The van der Waals surface area contributed by atoms with Crippen molar-refractivity contribution in [3.8, 4) is 5.69 Å². The molecule has 5 rings (SSSR count). The van der Waals surface area contributed by atoms with Gasteiger partial charge in [0, 0.05) is 25.6 Å². The lowest BCUT2D eigenvalue weighted by Crippen LogP contribution is -2.25. The van der Waals surface area contributed by atoms with Gasteiger partial charge in [-0.1, -0.05) is 24.6 Å². The van der Waals surface area contributed by atoms with E-state index in [9.17, 15) is 14.4 Å². The fourth-order valence-corrected chi connectivity index (χ4v) is 4.46. The second kappa shape index (κ2) is 8.20. The highest BCUT2D eigenvalue weighted by Crippen LogP contribution is 2.18. The quantitative estimate of drug-likeness (QED) is 0.527. The molecule has 0 radical (unpaired) electrons. The van der Waals surface area contributed by atoms with Crippen LogP contribution in [0.1, 0.15) is 41.1 Å². The molecule has 0 atom stereocenters. The SMILES string of the molecule is Cc1c(NC(=O)c2ccc3c(=O)n4c(nc3c2)CCCCC4)c(=O)n(-c2ccccc2)n1C. The van der Waals surface area contributed by atoms with E-state index in [4.69, 9.17) is 4.98 Å². The average molecular weight is 444 g/mol. The molecule has 1 amide bonds. The van der Waals surface area contributed by atoms with Gasteiger partial charge in [0.15, 0.2) is 0 Å². The summed E-state index contributed by atoms with van der Waals surface area (Å²) < 4.78 is 4.99. The van der Waals surface area contributed by atoms with Crippen molar-refractivity contribution >= 4 is 22.5 Å². The van der Waals surface area contributed by atoms with Gasteiger partial charge in [0.05, 0.1) is 22.3 Å². The first-order valence-electron chi connectivity index (χ1n) is 11.1. The van der Waals surface area contributed by atoms with Crippen LogP contribution >= 0.6 is 0 Å². The molecule has 8 heteroatoms. The Kier molecular flexibility index (Phi) is 5.20. The average Bonchev–Trinajstić information content (AvgIpc) is 2.98. The maximum Gasteiger partial charge on any atom is 0.295 e. The van der Waals surface area contributed by atoms with Gasteiger partial charge in [0.25, 0.3) is 17.0 Å². The number of hydrogen-bond donors (Lipinski definition) is 1. The monoisotopic (exact) mass is 443 g/mol. The summed E-state index contributed by atoms with van der Waals surface area (Å²) >= 11 is 0. The van der Waals surface area contributed by atoms with E-state index in [1.54, 1.807) is 41.4 Å². The van der Waals surface area contributed by atoms with Gasteiger partial charge in [0.1, 0.15) is 11.5 Å². The van der Waals surface area contributed by atoms with Crippen LogP contribution < -0.4 is 16.4 Å². The van der Waals surface area contributed by atoms with Crippen LogP contribution in [0.2, 0.25) is 0 Å². The van der Waals surface area contributed by atoms with Crippen molar-refractivity contribution < 1.29 is 4.79 Å². The predicted octanol–water partition coefficient (Wildman–Crippen LogP) is 3.17. The van der Waals surface area contributed by atoms with E-state index in [1.165, 1.54) is 4.68 Å². The van der Waals surface area contributed by atoms with E-state index >= 15 is 0 Å². The van der Waals surface area contributed by atoms with Crippen LogP contribution in [0.15, 0.2) is 58.1 Å². The number of anilines is 1. The molecule has 168 valence electrons. The normalized spacial score (nSPS) is 13.5.